The Morgan fingerprint density at radius 1 is 1.09 bits per heavy atom. The van der Waals surface area contributed by atoms with E-state index in [1.54, 1.807) is 23.2 Å². The molecule has 0 saturated carbocycles. The van der Waals surface area contributed by atoms with Crippen molar-refractivity contribution in [3.05, 3.63) is 53.4 Å². The van der Waals surface area contributed by atoms with Gasteiger partial charge in [0.05, 0.1) is 11.3 Å². The molecule has 1 aliphatic heterocycles. The number of pyridine rings is 2. The number of hydrogen-bond acceptors (Lipinski definition) is 9. The van der Waals surface area contributed by atoms with Gasteiger partial charge < -0.3 is 15.1 Å². The van der Waals surface area contributed by atoms with Gasteiger partial charge in [0.1, 0.15) is 11.2 Å². The van der Waals surface area contributed by atoms with Crippen LogP contribution in [0.15, 0.2) is 42.2 Å². The summed E-state index contributed by atoms with van der Waals surface area (Å²) in [5, 5.41) is 13.9. The molecule has 1 saturated heterocycles. The maximum atomic E-state index is 12.9. The van der Waals surface area contributed by atoms with E-state index >= 15 is 0 Å². The van der Waals surface area contributed by atoms with Crippen molar-refractivity contribution in [2.75, 3.05) is 41.7 Å². The smallest absolute Gasteiger partial charge is 0.272 e. The van der Waals surface area contributed by atoms with Crippen LogP contribution in [0.2, 0.25) is 0 Å². The largest absolute Gasteiger partial charge is 0.380 e. The molecule has 0 radical (unpaired) electrons. The molecule has 0 unspecified atom stereocenters. The Morgan fingerprint density at radius 3 is 2.56 bits per heavy atom. The zero-order valence-electron chi connectivity index (χ0n) is 17.9. The van der Waals surface area contributed by atoms with Crippen LogP contribution in [0.3, 0.4) is 0 Å². The predicted molar refractivity (Wildman–Crippen MR) is 123 cm³/mol. The molecule has 32 heavy (non-hydrogen) atoms. The maximum absolute atomic E-state index is 12.9. The van der Waals surface area contributed by atoms with Crippen LogP contribution in [0.25, 0.3) is 0 Å². The third-order valence-corrected chi connectivity index (χ3v) is 5.53. The molecule has 1 aliphatic rings. The van der Waals surface area contributed by atoms with Crippen molar-refractivity contribution in [1.82, 2.24) is 25.1 Å². The lowest BCUT2D eigenvalue weighted by molar-refractivity contribution is 0.0740. The number of amides is 2. The number of piperazine rings is 1. The molecule has 0 aliphatic carbocycles. The summed E-state index contributed by atoms with van der Waals surface area (Å²) in [7, 11) is 0. The Kier molecular flexibility index (Phi) is 6.55. The van der Waals surface area contributed by atoms with Crippen molar-refractivity contribution in [2.45, 2.75) is 19.9 Å². The molecule has 0 atom stereocenters. The van der Waals surface area contributed by atoms with Gasteiger partial charge in [0.15, 0.2) is 5.82 Å². The van der Waals surface area contributed by atoms with Crippen LogP contribution in [0.5, 0.6) is 0 Å². The number of rotatable bonds is 6. The van der Waals surface area contributed by atoms with Crippen molar-refractivity contribution in [3.63, 3.8) is 0 Å². The first-order chi connectivity index (χ1) is 15.5. The molecule has 166 valence electrons. The van der Waals surface area contributed by atoms with E-state index in [4.69, 9.17) is 0 Å². The van der Waals surface area contributed by atoms with Gasteiger partial charge in [0.2, 0.25) is 5.13 Å². The number of nitrogens with zero attached hydrogens (tertiary/aromatic N) is 6. The van der Waals surface area contributed by atoms with E-state index in [1.807, 2.05) is 12.1 Å². The van der Waals surface area contributed by atoms with Gasteiger partial charge in [0.25, 0.3) is 11.8 Å². The zero-order valence-corrected chi connectivity index (χ0v) is 18.7. The number of anilines is 3. The molecule has 4 rings (SSSR count). The average molecular weight is 453 g/mol. The van der Waals surface area contributed by atoms with Crippen LogP contribution in [-0.2, 0) is 0 Å². The SMILES string of the molecule is CC(C)Nc1cccnc1N1CCN(C(=O)c2ccc(C(=O)Nc3nncs3)cn2)CC1. The summed E-state index contributed by atoms with van der Waals surface area (Å²) >= 11 is 1.23. The fourth-order valence-corrected chi connectivity index (χ4v) is 3.85. The second-order valence-corrected chi connectivity index (χ2v) is 8.42. The topological polar surface area (TPSA) is 116 Å². The van der Waals surface area contributed by atoms with Gasteiger partial charge in [-0.3, -0.25) is 19.9 Å². The second-order valence-electron chi connectivity index (χ2n) is 7.58. The predicted octanol–water partition coefficient (Wildman–Crippen LogP) is 2.36. The van der Waals surface area contributed by atoms with Crippen LogP contribution in [0, 0.1) is 0 Å². The molecule has 0 spiro atoms. The summed E-state index contributed by atoms with van der Waals surface area (Å²) in [4.78, 5) is 37.8. The summed E-state index contributed by atoms with van der Waals surface area (Å²) in [5.74, 6) is 0.405. The van der Waals surface area contributed by atoms with Gasteiger partial charge in [-0.15, -0.1) is 10.2 Å². The molecule has 2 N–H and O–H groups in total. The number of carbonyl (C=O) groups excluding carboxylic acids is 2. The van der Waals surface area contributed by atoms with E-state index in [1.165, 1.54) is 23.0 Å². The molecule has 3 aromatic heterocycles. The van der Waals surface area contributed by atoms with Crippen molar-refractivity contribution in [1.29, 1.82) is 0 Å². The monoisotopic (exact) mass is 452 g/mol. The van der Waals surface area contributed by atoms with Crippen LogP contribution in [0.1, 0.15) is 34.7 Å². The fraction of sp³-hybridized carbons (Fsp3) is 0.333. The summed E-state index contributed by atoms with van der Waals surface area (Å²) in [6.45, 7) is 6.67. The van der Waals surface area contributed by atoms with Crippen LogP contribution < -0.4 is 15.5 Å². The van der Waals surface area contributed by atoms with Crippen molar-refractivity contribution in [3.8, 4) is 0 Å². The minimum absolute atomic E-state index is 0.151. The lowest BCUT2D eigenvalue weighted by Crippen LogP contribution is -2.49. The molecule has 3 aromatic rings. The third kappa shape index (κ3) is 4.99. The fourth-order valence-electron chi connectivity index (χ4n) is 3.41. The second kappa shape index (κ2) is 9.69. The van der Waals surface area contributed by atoms with E-state index in [2.05, 4.69) is 49.5 Å². The van der Waals surface area contributed by atoms with Crippen molar-refractivity contribution >= 4 is 39.8 Å². The first-order valence-electron chi connectivity index (χ1n) is 10.3. The standard InChI is InChI=1S/C21H24N8O2S/c1-14(2)25-16-4-3-7-22-18(16)28-8-10-29(11-9-28)20(31)17-6-5-15(12-23-17)19(30)26-21-27-24-13-32-21/h3-7,12-14,25H,8-11H2,1-2H3,(H,26,27,30). The Labute approximate surface area is 189 Å². The number of nitrogens with one attached hydrogen (secondary N) is 2. The molecule has 0 bridgehead atoms. The van der Waals surface area contributed by atoms with Gasteiger partial charge in [-0.25, -0.2) is 4.98 Å². The first kappa shape index (κ1) is 21.6. The molecular formula is C21H24N8O2S. The maximum Gasteiger partial charge on any atom is 0.272 e. The summed E-state index contributed by atoms with van der Waals surface area (Å²) in [6, 6.07) is 7.40. The van der Waals surface area contributed by atoms with Crippen molar-refractivity contribution in [2.24, 2.45) is 0 Å². The zero-order chi connectivity index (χ0) is 22.5. The lowest BCUT2D eigenvalue weighted by atomic mass is 10.2. The molecule has 2 amide bonds. The normalized spacial score (nSPS) is 13.8. The average Bonchev–Trinajstić information content (AvgIpc) is 3.32. The summed E-state index contributed by atoms with van der Waals surface area (Å²) in [6.07, 6.45) is 3.18. The summed E-state index contributed by atoms with van der Waals surface area (Å²) < 4.78 is 0. The van der Waals surface area contributed by atoms with Gasteiger partial charge in [-0.05, 0) is 38.1 Å². The highest BCUT2D eigenvalue weighted by Crippen LogP contribution is 2.24. The molecule has 0 aromatic carbocycles. The molecular weight excluding hydrogens is 428 g/mol. The van der Waals surface area contributed by atoms with Crippen LogP contribution in [0.4, 0.5) is 16.6 Å². The van der Waals surface area contributed by atoms with Gasteiger partial charge >= 0.3 is 0 Å². The Balaban J connectivity index is 1.36. The van der Waals surface area contributed by atoms with E-state index in [9.17, 15) is 9.59 Å². The van der Waals surface area contributed by atoms with E-state index in [0.717, 1.165) is 11.5 Å². The number of hydrogen-bond donors (Lipinski definition) is 2. The van der Waals surface area contributed by atoms with Crippen LogP contribution in [-0.4, -0.2) is 69.1 Å². The van der Waals surface area contributed by atoms with E-state index < -0.39 is 0 Å². The quantitative estimate of drug-likeness (QED) is 0.586. The molecule has 11 heteroatoms. The van der Waals surface area contributed by atoms with Crippen molar-refractivity contribution < 1.29 is 9.59 Å². The number of aromatic nitrogens is 4. The van der Waals surface area contributed by atoms with E-state index in [0.29, 0.717) is 48.6 Å². The molecule has 4 heterocycles. The Bertz CT molecular complexity index is 1060. The van der Waals surface area contributed by atoms with Gasteiger partial charge in [-0.2, -0.15) is 0 Å². The third-order valence-electron chi connectivity index (χ3n) is 4.92. The molecule has 10 nitrogen and oxygen atoms in total. The Hall–Kier alpha value is -3.60. The van der Waals surface area contributed by atoms with E-state index in [-0.39, 0.29) is 11.8 Å². The van der Waals surface area contributed by atoms with Gasteiger partial charge in [0, 0.05) is 44.6 Å². The lowest BCUT2D eigenvalue weighted by Gasteiger charge is -2.36. The highest BCUT2D eigenvalue weighted by Gasteiger charge is 2.25. The molecule has 1 fully saturated rings. The van der Waals surface area contributed by atoms with Crippen LogP contribution >= 0.6 is 11.3 Å². The highest BCUT2D eigenvalue weighted by atomic mass is 32.1. The summed E-state index contributed by atoms with van der Waals surface area (Å²) in [5.41, 5.74) is 3.18. The minimum atomic E-state index is -0.344. The number of carbonyl (C=O) groups is 2. The first-order valence-corrected chi connectivity index (χ1v) is 11.2. The van der Waals surface area contributed by atoms with Gasteiger partial charge in [-0.1, -0.05) is 11.3 Å². The minimum Gasteiger partial charge on any atom is -0.380 e. The Morgan fingerprint density at radius 2 is 1.91 bits per heavy atom. The highest BCUT2D eigenvalue weighted by molar-refractivity contribution is 7.13.